The van der Waals surface area contributed by atoms with Crippen molar-refractivity contribution in [3.8, 4) is 0 Å². The van der Waals surface area contributed by atoms with Crippen molar-refractivity contribution in [3.05, 3.63) is 29.6 Å². The van der Waals surface area contributed by atoms with Crippen LogP contribution in [0.5, 0.6) is 0 Å². The van der Waals surface area contributed by atoms with Crippen LogP contribution in [0, 0.1) is 17.7 Å². The Bertz CT molecular complexity index is 443. The molecule has 2 atom stereocenters. The van der Waals surface area contributed by atoms with E-state index in [-0.39, 0.29) is 11.9 Å². The average Bonchev–Trinajstić information content (AvgIpc) is 2.64. The van der Waals surface area contributed by atoms with Gasteiger partial charge in [0.15, 0.2) is 0 Å². The lowest BCUT2D eigenvalue weighted by molar-refractivity contribution is 0.351. The van der Waals surface area contributed by atoms with E-state index in [0.29, 0.717) is 0 Å². The number of rotatable bonds is 3. The number of anilines is 1. The molecule has 3 heteroatoms. The molecule has 0 saturated carbocycles. The molecule has 2 nitrogen and oxygen atoms in total. The maximum absolute atomic E-state index is 14.3. The monoisotopic (exact) mass is 278 g/mol. The quantitative estimate of drug-likeness (QED) is 0.901. The van der Waals surface area contributed by atoms with Crippen molar-refractivity contribution in [1.29, 1.82) is 0 Å². The molecule has 1 aliphatic rings. The third kappa shape index (κ3) is 3.51. The smallest absolute Gasteiger partial charge is 0.146 e. The Labute approximate surface area is 122 Å². The molecule has 0 spiro atoms. The number of halogens is 1. The standard InChI is InChI=1S/C17H27FN2/c1-12(2)14-5-4-9-20(10-8-14)17-7-6-15(13(3)19)11-16(17)18/h6-7,11-14H,4-5,8-10,19H2,1-3H3/t13-,14?/m0/s1. The van der Waals surface area contributed by atoms with Gasteiger partial charge in [-0.3, -0.25) is 0 Å². The zero-order chi connectivity index (χ0) is 14.7. The number of nitrogens with zero attached hydrogens (tertiary/aromatic N) is 1. The van der Waals surface area contributed by atoms with Crippen LogP contribution in [0.1, 0.15) is 51.6 Å². The molecule has 0 aliphatic carbocycles. The lowest BCUT2D eigenvalue weighted by atomic mass is 9.89. The maximum atomic E-state index is 14.3. The molecule has 1 aromatic rings. The van der Waals surface area contributed by atoms with E-state index in [4.69, 9.17) is 5.73 Å². The lowest BCUT2D eigenvalue weighted by Crippen LogP contribution is -2.25. The van der Waals surface area contributed by atoms with Gasteiger partial charge in [-0.15, -0.1) is 0 Å². The molecule has 2 N–H and O–H groups in total. The van der Waals surface area contributed by atoms with E-state index in [1.165, 1.54) is 6.42 Å². The lowest BCUT2D eigenvalue weighted by Gasteiger charge is -2.24. The summed E-state index contributed by atoms with van der Waals surface area (Å²) in [4.78, 5) is 2.20. The summed E-state index contributed by atoms with van der Waals surface area (Å²) < 4.78 is 14.3. The highest BCUT2D eigenvalue weighted by molar-refractivity contribution is 5.49. The van der Waals surface area contributed by atoms with Crippen LogP contribution in [0.4, 0.5) is 10.1 Å². The van der Waals surface area contributed by atoms with E-state index in [1.54, 1.807) is 6.07 Å². The van der Waals surface area contributed by atoms with Crippen LogP contribution >= 0.6 is 0 Å². The third-order valence-electron chi connectivity index (χ3n) is 4.55. The van der Waals surface area contributed by atoms with Gasteiger partial charge < -0.3 is 10.6 Å². The number of nitrogens with two attached hydrogens (primary N) is 1. The summed E-state index contributed by atoms with van der Waals surface area (Å²) >= 11 is 0. The molecule has 112 valence electrons. The van der Waals surface area contributed by atoms with Gasteiger partial charge >= 0.3 is 0 Å². The summed E-state index contributed by atoms with van der Waals surface area (Å²) in [6.07, 6.45) is 3.57. The minimum Gasteiger partial charge on any atom is -0.369 e. The molecule has 1 heterocycles. The summed E-state index contributed by atoms with van der Waals surface area (Å²) in [5.41, 5.74) is 7.40. The van der Waals surface area contributed by atoms with Crippen molar-refractivity contribution in [2.45, 2.75) is 46.1 Å². The Morgan fingerprint density at radius 3 is 2.55 bits per heavy atom. The van der Waals surface area contributed by atoms with Crippen molar-refractivity contribution in [2.75, 3.05) is 18.0 Å². The molecule has 1 aliphatic heterocycles. The van der Waals surface area contributed by atoms with E-state index >= 15 is 0 Å². The molecule has 1 saturated heterocycles. The normalized spacial score (nSPS) is 21.9. The Morgan fingerprint density at radius 2 is 1.95 bits per heavy atom. The van der Waals surface area contributed by atoms with Crippen molar-refractivity contribution < 1.29 is 4.39 Å². The summed E-state index contributed by atoms with van der Waals surface area (Å²) in [5, 5.41) is 0. The largest absolute Gasteiger partial charge is 0.369 e. The van der Waals surface area contributed by atoms with Crippen LogP contribution in [-0.2, 0) is 0 Å². The molecule has 0 amide bonds. The van der Waals surface area contributed by atoms with Crippen molar-refractivity contribution >= 4 is 5.69 Å². The van der Waals surface area contributed by atoms with Gasteiger partial charge in [0.2, 0.25) is 0 Å². The Kier molecular flexibility index (Phi) is 5.03. The predicted molar refractivity (Wildman–Crippen MR) is 83.4 cm³/mol. The molecule has 1 aromatic carbocycles. The zero-order valence-corrected chi connectivity index (χ0v) is 12.9. The molecule has 20 heavy (non-hydrogen) atoms. The fraction of sp³-hybridized carbons (Fsp3) is 0.647. The Morgan fingerprint density at radius 1 is 1.20 bits per heavy atom. The molecule has 0 aromatic heterocycles. The fourth-order valence-corrected chi connectivity index (χ4v) is 3.09. The fourth-order valence-electron chi connectivity index (χ4n) is 3.09. The van der Waals surface area contributed by atoms with Crippen LogP contribution < -0.4 is 10.6 Å². The minimum absolute atomic E-state index is 0.118. The Balaban J connectivity index is 2.12. The first-order valence-electron chi connectivity index (χ1n) is 7.79. The topological polar surface area (TPSA) is 29.3 Å². The van der Waals surface area contributed by atoms with Crippen LogP contribution in [0.2, 0.25) is 0 Å². The van der Waals surface area contributed by atoms with Crippen LogP contribution in [-0.4, -0.2) is 13.1 Å². The maximum Gasteiger partial charge on any atom is 0.146 e. The molecule has 1 fully saturated rings. The van der Waals surface area contributed by atoms with Crippen LogP contribution in [0.3, 0.4) is 0 Å². The summed E-state index contributed by atoms with van der Waals surface area (Å²) in [5.74, 6) is 1.36. The van der Waals surface area contributed by atoms with Crippen molar-refractivity contribution in [2.24, 2.45) is 17.6 Å². The number of hydrogen-bond acceptors (Lipinski definition) is 2. The van der Waals surface area contributed by atoms with Gasteiger partial charge in [0.25, 0.3) is 0 Å². The van der Waals surface area contributed by atoms with E-state index in [0.717, 1.165) is 49.0 Å². The van der Waals surface area contributed by atoms with E-state index < -0.39 is 0 Å². The first-order chi connectivity index (χ1) is 9.49. The molecule has 1 unspecified atom stereocenters. The first kappa shape index (κ1) is 15.3. The average molecular weight is 278 g/mol. The van der Waals surface area contributed by atoms with E-state index in [9.17, 15) is 4.39 Å². The molecular weight excluding hydrogens is 251 g/mol. The van der Waals surface area contributed by atoms with Gasteiger partial charge in [-0.25, -0.2) is 4.39 Å². The van der Waals surface area contributed by atoms with E-state index in [2.05, 4.69) is 18.7 Å². The van der Waals surface area contributed by atoms with Crippen molar-refractivity contribution in [1.82, 2.24) is 0 Å². The predicted octanol–water partition coefficient (Wildman–Crippen LogP) is 4.11. The first-order valence-corrected chi connectivity index (χ1v) is 7.79. The summed E-state index contributed by atoms with van der Waals surface area (Å²) in [6.45, 7) is 8.37. The molecular formula is C17H27FN2. The highest BCUT2D eigenvalue weighted by Gasteiger charge is 2.21. The SMILES string of the molecule is CC(C)C1CCCN(c2ccc([C@H](C)N)cc2F)CC1. The second-order valence-electron chi connectivity index (χ2n) is 6.42. The van der Waals surface area contributed by atoms with E-state index in [1.807, 2.05) is 19.1 Å². The van der Waals surface area contributed by atoms with Gasteiger partial charge in [-0.2, -0.15) is 0 Å². The van der Waals surface area contributed by atoms with Crippen LogP contribution in [0.25, 0.3) is 0 Å². The van der Waals surface area contributed by atoms with Gasteiger partial charge in [0, 0.05) is 19.1 Å². The second kappa shape index (κ2) is 6.57. The highest BCUT2D eigenvalue weighted by atomic mass is 19.1. The van der Waals surface area contributed by atoms with Gasteiger partial charge in [0.05, 0.1) is 5.69 Å². The van der Waals surface area contributed by atoms with Gasteiger partial charge in [-0.1, -0.05) is 19.9 Å². The molecule has 0 bridgehead atoms. The number of benzene rings is 1. The molecule has 0 radical (unpaired) electrons. The highest BCUT2D eigenvalue weighted by Crippen LogP contribution is 2.29. The summed E-state index contributed by atoms with van der Waals surface area (Å²) in [7, 11) is 0. The zero-order valence-electron chi connectivity index (χ0n) is 12.9. The molecule has 2 rings (SSSR count). The van der Waals surface area contributed by atoms with Gasteiger partial charge in [-0.05, 0) is 55.7 Å². The second-order valence-corrected chi connectivity index (χ2v) is 6.42. The van der Waals surface area contributed by atoms with Crippen molar-refractivity contribution in [3.63, 3.8) is 0 Å². The van der Waals surface area contributed by atoms with Crippen LogP contribution in [0.15, 0.2) is 18.2 Å². The van der Waals surface area contributed by atoms with Gasteiger partial charge in [0.1, 0.15) is 5.82 Å². The third-order valence-corrected chi connectivity index (χ3v) is 4.55. The minimum atomic E-state index is -0.136. The summed E-state index contributed by atoms with van der Waals surface area (Å²) in [6, 6.07) is 5.32. The number of hydrogen-bond donors (Lipinski definition) is 1. The Hall–Kier alpha value is -1.09.